The van der Waals surface area contributed by atoms with E-state index in [1.165, 1.54) is 12.1 Å². The number of Topliss-reactive ketones (excluding diaryl/α,β-unsaturated/α-hetero) is 1. The van der Waals surface area contributed by atoms with Gasteiger partial charge in [0.25, 0.3) is 0 Å². The van der Waals surface area contributed by atoms with Crippen LogP contribution in [0.1, 0.15) is 28.8 Å². The average molecular weight is 307 g/mol. The second-order valence-corrected chi connectivity index (χ2v) is 5.08. The van der Waals surface area contributed by atoms with Crippen molar-refractivity contribution in [3.05, 3.63) is 35.4 Å². The Labute approximate surface area is 105 Å². The summed E-state index contributed by atoms with van der Waals surface area (Å²) in [4.78, 5) is 11.1. The lowest BCUT2D eigenvalue weighted by molar-refractivity contribution is -0.137. The van der Waals surface area contributed by atoms with Crippen LogP contribution in [0, 0.1) is 5.92 Å². The van der Waals surface area contributed by atoms with Gasteiger partial charge in [0.15, 0.2) is 5.78 Å². The molecule has 1 aromatic rings. The van der Waals surface area contributed by atoms with Crippen LogP contribution >= 0.6 is 15.9 Å². The van der Waals surface area contributed by atoms with Crippen molar-refractivity contribution in [2.24, 2.45) is 5.92 Å². The predicted molar refractivity (Wildman–Crippen MR) is 60.8 cm³/mol. The van der Waals surface area contributed by atoms with Gasteiger partial charge in [-0.15, -0.1) is 0 Å². The smallest absolute Gasteiger partial charge is 0.298 e. The SMILES string of the molecule is O=C(C1CC1)C(Br)c1cccc(C(F)(F)F)c1. The first kappa shape index (κ1) is 12.6. The summed E-state index contributed by atoms with van der Waals surface area (Å²) in [7, 11) is 0. The molecule has 0 heterocycles. The third-order valence-corrected chi connectivity index (χ3v) is 3.72. The quantitative estimate of drug-likeness (QED) is 0.768. The minimum absolute atomic E-state index is 0.0221. The number of hydrogen-bond acceptors (Lipinski definition) is 1. The van der Waals surface area contributed by atoms with Gasteiger partial charge >= 0.3 is 6.18 Å². The number of alkyl halides is 4. The monoisotopic (exact) mass is 306 g/mol. The molecule has 1 nitrogen and oxygen atoms in total. The minimum Gasteiger partial charge on any atom is -0.298 e. The molecule has 2 rings (SSSR count). The molecule has 1 aliphatic carbocycles. The zero-order valence-corrected chi connectivity index (χ0v) is 10.4. The van der Waals surface area contributed by atoms with Gasteiger partial charge in [0, 0.05) is 5.92 Å². The normalized spacial score (nSPS) is 17.9. The van der Waals surface area contributed by atoms with E-state index >= 15 is 0 Å². The maximum Gasteiger partial charge on any atom is 0.416 e. The number of rotatable bonds is 3. The van der Waals surface area contributed by atoms with E-state index in [9.17, 15) is 18.0 Å². The highest BCUT2D eigenvalue weighted by atomic mass is 79.9. The summed E-state index contributed by atoms with van der Waals surface area (Å²) in [5.41, 5.74) is -0.347. The molecule has 0 amide bonds. The molecule has 1 unspecified atom stereocenters. The summed E-state index contributed by atoms with van der Waals surface area (Å²) in [6.07, 6.45) is -2.68. The van der Waals surface area contributed by atoms with E-state index < -0.39 is 16.6 Å². The predicted octanol–water partition coefficient (Wildman–Crippen LogP) is 4.12. The maximum atomic E-state index is 12.5. The van der Waals surface area contributed by atoms with Gasteiger partial charge in [0.05, 0.1) is 10.4 Å². The fourth-order valence-electron chi connectivity index (χ4n) is 1.61. The Hall–Kier alpha value is -0.840. The molecule has 0 N–H and O–H groups in total. The fraction of sp³-hybridized carbons (Fsp3) is 0.417. The molecule has 0 spiro atoms. The van der Waals surface area contributed by atoms with E-state index in [0.717, 1.165) is 25.0 Å². The van der Waals surface area contributed by atoms with Crippen molar-refractivity contribution >= 4 is 21.7 Å². The molecule has 1 atom stereocenters. The van der Waals surface area contributed by atoms with Crippen LogP contribution in [0.25, 0.3) is 0 Å². The summed E-state index contributed by atoms with van der Waals surface area (Å²) < 4.78 is 37.5. The number of benzene rings is 1. The highest BCUT2D eigenvalue weighted by Gasteiger charge is 2.35. The van der Waals surface area contributed by atoms with Crippen LogP contribution < -0.4 is 0 Å². The Morgan fingerprint density at radius 1 is 1.35 bits per heavy atom. The van der Waals surface area contributed by atoms with Crippen LogP contribution in [-0.4, -0.2) is 5.78 Å². The lowest BCUT2D eigenvalue weighted by atomic mass is 10.0. The van der Waals surface area contributed by atoms with Crippen molar-refractivity contribution in [1.29, 1.82) is 0 Å². The molecule has 0 radical (unpaired) electrons. The van der Waals surface area contributed by atoms with Crippen LogP contribution in [-0.2, 0) is 11.0 Å². The van der Waals surface area contributed by atoms with Crippen molar-refractivity contribution in [2.75, 3.05) is 0 Å². The Balaban J connectivity index is 2.23. The number of ketones is 1. The van der Waals surface area contributed by atoms with Crippen molar-refractivity contribution in [1.82, 2.24) is 0 Å². The molecule has 1 aliphatic rings. The van der Waals surface area contributed by atoms with Gasteiger partial charge in [-0.05, 0) is 24.5 Å². The largest absolute Gasteiger partial charge is 0.416 e. The summed E-state index contributed by atoms with van der Waals surface area (Å²) in [6.45, 7) is 0. The van der Waals surface area contributed by atoms with Crippen LogP contribution in [0.3, 0.4) is 0 Å². The molecule has 17 heavy (non-hydrogen) atoms. The Kier molecular flexibility index (Phi) is 3.30. The maximum absolute atomic E-state index is 12.5. The number of hydrogen-bond donors (Lipinski definition) is 0. The second kappa shape index (κ2) is 4.44. The standard InChI is InChI=1S/C12H10BrF3O/c13-10(11(17)7-4-5-7)8-2-1-3-9(6-8)12(14,15)16/h1-3,6-7,10H,4-5H2. The van der Waals surface area contributed by atoms with Crippen molar-refractivity contribution in [3.8, 4) is 0 Å². The molecule has 1 aromatic carbocycles. The van der Waals surface area contributed by atoms with Crippen LogP contribution in [0.2, 0.25) is 0 Å². The van der Waals surface area contributed by atoms with Crippen LogP contribution in [0.15, 0.2) is 24.3 Å². The van der Waals surface area contributed by atoms with Crippen molar-refractivity contribution in [2.45, 2.75) is 23.8 Å². The summed E-state index contributed by atoms with van der Waals surface area (Å²) in [5.74, 6) is -0.00163. The van der Waals surface area contributed by atoms with Gasteiger partial charge < -0.3 is 0 Å². The van der Waals surface area contributed by atoms with Gasteiger partial charge in [0.2, 0.25) is 0 Å². The van der Waals surface area contributed by atoms with Gasteiger partial charge in [-0.3, -0.25) is 4.79 Å². The molecule has 0 saturated heterocycles. The molecular weight excluding hydrogens is 297 g/mol. The van der Waals surface area contributed by atoms with Gasteiger partial charge in [-0.25, -0.2) is 0 Å². The highest BCUT2D eigenvalue weighted by molar-refractivity contribution is 9.09. The molecule has 92 valence electrons. The van der Waals surface area contributed by atoms with E-state index in [1.54, 1.807) is 0 Å². The first-order valence-electron chi connectivity index (χ1n) is 5.24. The lowest BCUT2D eigenvalue weighted by Gasteiger charge is -2.12. The highest BCUT2D eigenvalue weighted by Crippen LogP contribution is 2.39. The number of carbonyl (C=O) groups excluding carboxylic acids is 1. The Bertz CT molecular complexity index is 438. The van der Waals surface area contributed by atoms with E-state index in [-0.39, 0.29) is 11.7 Å². The van der Waals surface area contributed by atoms with Crippen molar-refractivity contribution in [3.63, 3.8) is 0 Å². The molecule has 1 fully saturated rings. The van der Waals surface area contributed by atoms with Gasteiger partial charge in [0.1, 0.15) is 0 Å². The molecule has 1 saturated carbocycles. The Morgan fingerprint density at radius 3 is 2.53 bits per heavy atom. The summed E-state index contributed by atoms with van der Waals surface area (Å²) in [5, 5.41) is 0. The Morgan fingerprint density at radius 2 is 2.00 bits per heavy atom. The zero-order valence-electron chi connectivity index (χ0n) is 8.80. The lowest BCUT2D eigenvalue weighted by Crippen LogP contribution is -2.10. The van der Waals surface area contributed by atoms with E-state index in [0.29, 0.717) is 5.56 Å². The molecule has 0 bridgehead atoms. The third kappa shape index (κ3) is 2.89. The molecular formula is C12H10BrF3O. The molecule has 0 aromatic heterocycles. The third-order valence-electron chi connectivity index (χ3n) is 2.74. The zero-order chi connectivity index (χ0) is 12.6. The van der Waals surface area contributed by atoms with Crippen molar-refractivity contribution < 1.29 is 18.0 Å². The van der Waals surface area contributed by atoms with Crippen LogP contribution in [0.4, 0.5) is 13.2 Å². The molecule has 0 aliphatic heterocycles. The summed E-state index contributed by atoms with van der Waals surface area (Å²) in [6, 6.07) is 4.89. The number of halogens is 4. The summed E-state index contributed by atoms with van der Waals surface area (Å²) >= 11 is 3.18. The first-order valence-corrected chi connectivity index (χ1v) is 6.16. The van der Waals surface area contributed by atoms with E-state index in [4.69, 9.17) is 0 Å². The van der Waals surface area contributed by atoms with Gasteiger partial charge in [-0.2, -0.15) is 13.2 Å². The topological polar surface area (TPSA) is 17.1 Å². The van der Waals surface area contributed by atoms with Gasteiger partial charge in [-0.1, -0.05) is 34.1 Å². The fourth-order valence-corrected chi connectivity index (χ4v) is 2.27. The molecule has 5 heteroatoms. The average Bonchev–Trinajstić information content (AvgIpc) is 3.10. The minimum atomic E-state index is -4.37. The first-order chi connectivity index (χ1) is 7.89. The second-order valence-electron chi connectivity index (χ2n) is 4.16. The van der Waals surface area contributed by atoms with Crippen LogP contribution in [0.5, 0.6) is 0 Å². The van der Waals surface area contributed by atoms with E-state index in [2.05, 4.69) is 15.9 Å². The number of carbonyl (C=O) groups is 1. The van der Waals surface area contributed by atoms with E-state index in [1.807, 2.05) is 0 Å².